The van der Waals surface area contributed by atoms with Crippen molar-refractivity contribution >= 4 is 12.1 Å². The lowest BCUT2D eigenvalue weighted by molar-refractivity contribution is 0.112. The number of carbonyl (C=O) groups is 1. The van der Waals surface area contributed by atoms with Crippen molar-refractivity contribution in [2.24, 2.45) is 0 Å². The second-order valence-corrected chi connectivity index (χ2v) is 5.40. The molecule has 1 aromatic carbocycles. The number of aldehydes is 1. The average molecular weight is 285 g/mol. The largest absolute Gasteiger partial charge is 0.396 e. The van der Waals surface area contributed by atoms with E-state index in [1.807, 2.05) is 6.07 Å². The number of hydrogen-bond donors (Lipinski definition) is 2. The number of carbonyl (C=O) groups excluding carboxylic acids is 1. The number of hydrogen-bond acceptors (Lipinski definition) is 4. The molecule has 5 heteroatoms. The van der Waals surface area contributed by atoms with Crippen molar-refractivity contribution in [2.75, 3.05) is 12.3 Å². The molecular formula is C16H19N3O2. The molecule has 0 spiro atoms. The molecule has 0 aliphatic heterocycles. The summed E-state index contributed by atoms with van der Waals surface area (Å²) in [7, 11) is 0. The number of nitrogens with two attached hydrogens (primary N) is 1. The van der Waals surface area contributed by atoms with Crippen LogP contribution in [0.3, 0.4) is 0 Å². The van der Waals surface area contributed by atoms with Crippen molar-refractivity contribution in [3.63, 3.8) is 0 Å². The number of anilines is 1. The van der Waals surface area contributed by atoms with E-state index in [2.05, 4.69) is 17.2 Å². The lowest BCUT2D eigenvalue weighted by Crippen LogP contribution is -2.06. The van der Waals surface area contributed by atoms with Crippen LogP contribution in [0.2, 0.25) is 0 Å². The van der Waals surface area contributed by atoms with Gasteiger partial charge in [-0.05, 0) is 42.9 Å². The summed E-state index contributed by atoms with van der Waals surface area (Å²) in [5, 5.41) is 13.4. The van der Waals surface area contributed by atoms with Crippen LogP contribution in [0.1, 0.15) is 34.3 Å². The standard InChI is InChI=1S/C16H19N3O2/c17-16-14(10-21)15(18-19(16)7-2-8-20)13-6-5-11-3-1-4-12(11)9-13/h5-6,9-10,20H,1-4,7-8,17H2. The Balaban J connectivity index is 2.03. The minimum atomic E-state index is 0.0733. The normalized spacial score (nSPS) is 13.4. The van der Waals surface area contributed by atoms with Crippen LogP contribution in [0.15, 0.2) is 18.2 Å². The first-order valence-corrected chi connectivity index (χ1v) is 7.29. The van der Waals surface area contributed by atoms with E-state index in [1.54, 1.807) is 4.68 Å². The maximum Gasteiger partial charge on any atom is 0.156 e. The lowest BCUT2D eigenvalue weighted by atomic mass is 10.0. The molecule has 0 amide bonds. The van der Waals surface area contributed by atoms with Crippen LogP contribution in [0, 0.1) is 0 Å². The van der Waals surface area contributed by atoms with Gasteiger partial charge in [0.1, 0.15) is 11.5 Å². The molecule has 0 bridgehead atoms. The Kier molecular flexibility index (Phi) is 3.75. The molecule has 2 aromatic rings. The van der Waals surface area contributed by atoms with Gasteiger partial charge in [-0.15, -0.1) is 0 Å². The Morgan fingerprint density at radius 2 is 2.14 bits per heavy atom. The number of aromatic nitrogens is 2. The predicted molar refractivity (Wildman–Crippen MR) is 81.2 cm³/mol. The highest BCUT2D eigenvalue weighted by molar-refractivity contribution is 5.91. The summed E-state index contributed by atoms with van der Waals surface area (Å²) in [6, 6.07) is 6.25. The van der Waals surface area contributed by atoms with E-state index in [0.717, 1.165) is 24.7 Å². The van der Waals surface area contributed by atoms with Gasteiger partial charge in [-0.3, -0.25) is 4.79 Å². The van der Waals surface area contributed by atoms with Gasteiger partial charge in [-0.25, -0.2) is 4.68 Å². The van der Waals surface area contributed by atoms with Gasteiger partial charge < -0.3 is 10.8 Å². The second-order valence-electron chi connectivity index (χ2n) is 5.40. The Hall–Kier alpha value is -2.14. The molecule has 1 aromatic heterocycles. The molecule has 0 saturated heterocycles. The highest BCUT2D eigenvalue weighted by Gasteiger charge is 2.18. The summed E-state index contributed by atoms with van der Waals surface area (Å²) in [5.41, 5.74) is 10.7. The molecule has 0 atom stereocenters. The van der Waals surface area contributed by atoms with Crippen molar-refractivity contribution in [3.05, 3.63) is 34.9 Å². The van der Waals surface area contributed by atoms with Crippen molar-refractivity contribution in [3.8, 4) is 11.3 Å². The van der Waals surface area contributed by atoms with Crippen LogP contribution in [0.25, 0.3) is 11.3 Å². The van der Waals surface area contributed by atoms with Gasteiger partial charge >= 0.3 is 0 Å². The van der Waals surface area contributed by atoms with Gasteiger partial charge in [0.05, 0.1) is 5.56 Å². The Bertz CT molecular complexity index is 676. The maximum absolute atomic E-state index is 11.4. The Labute approximate surface area is 123 Å². The first kappa shape index (κ1) is 13.8. The fraction of sp³-hybridized carbons (Fsp3) is 0.375. The smallest absolute Gasteiger partial charge is 0.156 e. The average Bonchev–Trinajstić information content (AvgIpc) is 3.08. The van der Waals surface area contributed by atoms with Crippen molar-refractivity contribution < 1.29 is 9.90 Å². The Morgan fingerprint density at radius 3 is 2.90 bits per heavy atom. The minimum absolute atomic E-state index is 0.0733. The zero-order valence-electron chi connectivity index (χ0n) is 11.9. The number of benzene rings is 1. The molecule has 0 fully saturated rings. The first-order valence-electron chi connectivity index (χ1n) is 7.29. The number of fused-ring (bicyclic) bond motifs is 1. The van der Waals surface area contributed by atoms with Crippen LogP contribution in [0.5, 0.6) is 0 Å². The predicted octanol–water partition coefficient (Wildman–Crippen LogP) is 1.82. The number of rotatable bonds is 5. The van der Waals surface area contributed by atoms with E-state index >= 15 is 0 Å². The van der Waals surface area contributed by atoms with Crippen LogP contribution in [0.4, 0.5) is 5.82 Å². The lowest BCUT2D eigenvalue weighted by Gasteiger charge is -2.03. The van der Waals surface area contributed by atoms with E-state index in [-0.39, 0.29) is 6.61 Å². The van der Waals surface area contributed by atoms with E-state index in [0.29, 0.717) is 30.0 Å². The summed E-state index contributed by atoms with van der Waals surface area (Å²) >= 11 is 0. The highest BCUT2D eigenvalue weighted by atomic mass is 16.3. The summed E-state index contributed by atoms with van der Waals surface area (Å²) in [5.74, 6) is 0.369. The molecule has 1 heterocycles. The van der Waals surface area contributed by atoms with E-state index in [4.69, 9.17) is 10.8 Å². The molecular weight excluding hydrogens is 266 g/mol. The van der Waals surface area contributed by atoms with E-state index in [1.165, 1.54) is 17.5 Å². The van der Waals surface area contributed by atoms with Crippen LogP contribution < -0.4 is 5.73 Å². The van der Waals surface area contributed by atoms with Gasteiger partial charge in [0, 0.05) is 18.7 Å². The monoisotopic (exact) mass is 285 g/mol. The molecule has 1 aliphatic rings. The van der Waals surface area contributed by atoms with Crippen molar-refractivity contribution in [1.29, 1.82) is 0 Å². The van der Waals surface area contributed by atoms with Crippen LogP contribution >= 0.6 is 0 Å². The fourth-order valence-corrected chi connectivity index (χ4v) is 2.93. The van der Waals surface area contributed by atoms with E-state index < -0.39 is 0 Å². The molecule has 0 unspecified atom stereocenters. The highest BCUT2D eigenvalue weighted by Crippen LogP contribution is 2.30. The Morgan fingerprint density at radius 1 is 1.33 bits per heavy atom. The molecule has 3 N–H and O–H groups in total. The summed E-state index contributed by atoms with van der Waals surface area (Å²) in [4.78, 5) is 11.4. The van der Waals surface area contributed by atoms with Crippen molar-refractivity contribution in [2.45, 2.75) is 32.2 Å². The number of nitrogen functional groups attached to an aromatic ring is 1. The number of aliphatic hydroxyl groups is 1. The molecule has 3 rings (SSSR count). The van der Waals surface area contributed by atoms with Gasteiger partial charge in [-0.1, -0.05) is 12.1 Å². The maximum atomic E-state index is 11.4. The first-order chi connectivity index (χ1) is 10.2. The van der Waals surface area contributed by atoms with Crippen molar-refractivity contribution in [1.82, 2.24) is 9.78 Å². The minimum Gasteiger partial charge on any atom is -0.396 e. The van der Waals surface area contributed by atoms with Gasteiger partial charge in [0.15, 0.2) is 6.29 Å². The molecule has 1 aliphatic carbocycles. The summed E-state index contributed by atoms with van der Waals surface area (Å²) in [6.45, 7) is 0.581. The molecule has 21 heavy (non-hydrogen) atoms. The molecule has 0 radical (unpaired) electrons. The van der Waals surface area contributed by atoms with Crippen LogP contribution in [-0.4, -0.2) is 27.8 Å². The van der Waals surface area contributed by atoms with Gasteiger partial charge in [0.2, 0.25) is 0 Å². The molecule has 110 valence electrons. The number of nitrogens with zero attached hydrogens (tertiary/aromatic N) is 2. The topological polar surface area (TPSA) is 81.1 Å². The van der Waals surface area contributed by atoms with Crippen LogP contribution in [-0.2, 0) is 19.4 Å². The zero-order valence-corrected chi connectivity index (χ0v) is 11.9. The number of aliphatic hydroxyl groups excluding tert-OH is 1. The third kappa shape index (κ3) is 2.45. The molecule has 0 saturated carbocycles. The number of aryl methyl sites for hydroxylation is 3. The SMILES string of the molecule is Nc1c(C=O)c(-c2ccc3c(c2)CCC3)nn1CCCO. The zero-order chi connectivity index (χ0) is 14.8. The summed E-state index contributed by atoms with van der Waals surface area (Å²) < 4.78 is 1.60. The van der Waals surface area contributed by atoms with Gasteiger partial charge in [-0.2, -0.15) is 5.10 Å². The quantitative estimate of drug-likeness (QED) is 0.821. The third-order valence-corrected chi connectivity index (χ3v) is 4.05. The second kappa shape index (κ2) is 5.69. The van der Waals surface area contributed by atoms with Gasteiger partial charge in [0.25, 0.3) is 0 Å². The third-order valence-electron chi connectivity index (χ3n) is 4.05. The fourth-order valence-electron chi connectivity index (χ4n) is 2.93. The molecule has 5 nitrogen and oxygen atoms in total. The summed E-state index contributed by atoms with van der Waals surface area (Å²) in [6.07, 6.45) is 4.73. The van der Waals surface area contributed by atoms with E-state index in [9.17, 15) is 4.79 Å².